The summed E-state index contributed by atoms with van der Waals surface area (Å²) in [6.07, 6.45) is 3.91. The molecule has 0 radical (unpaired) electrons. The molecule has 4 rings (SSSR count). The van der Waals surface area contributed by atoms with E-state index in [-0.39, 0.29) is 5.91 Å². The fourth-order valence-corrected chi connectivity index (χ4v) is 4.08. The second-order valence-corrected chi connectivity index (χ2v) is 7.21. The zero-order valence-corrected chi connectivity index (χ0v) is 13.8. The van der Waals surface area contributed by atoms with Gasteiger partial charge in [0.2, 0.25) is 0 Å². The van der Waals surface area contributed by atoms with Crippen molar-refractivity contribution in [1.29, 1.82) is 0 Å². The van der Waals surface area contributed by atoms with Gasteiger partial charge in [-0.25, -0.2) is 0 Å². The molecule has 1 unspecified atom stereocenters. The van der Waals surface area contributed by atoms with Crippen molar-refractivity contribution >= 4 is 28.1 Å². The molecule has 1 N–H and O–H groups in total. The Labute approximate surface area is 138 Å². The number of carbonyl (C=O) groups is 1. The minimum absolute atomic E-state index is 0.105. The van der Waals surface area contributed by atoms with Gasteiger partial charge in [0.1, 0.15) is 10.0 Å². The summed E-state index contributed by atoms with van der Waals surface area (Å²) in [4.78, 5) is 18.1. The number of amides is 1. The fraction of sp³-hybridized carbons (Fsp3) is 0.353. The molecule has 3 heterocycles. The summed E-state index contributed by atoms with van der Waals surface area (Å²) in [7, 11) is 0. The first kappa shape index (κ1) is 14.4. The largest absolute Gasteiger partial charge is 0.360 e. The third-order valence-electron chi connectivity index (χ3n) is 4.42. The van der Waals surface area contributed by atoms with E-state index in [2.05, 4.69) is 15.2 Å². The van der Waals surface area contributed by atoms with Crippen molar-refractivity contribution in [1.82, 2.24) is 20.1 Å². The number of aromatic nitrogens is 3. The van der Waals surface area contributed by atoms with Gasteiger partial charge in [0.15, 0.2) is 0 Å². The average molecular weight is 326 g/mol. The van der Waals surface area contributed by atoms with Crippen LogP contribution in [0.5, 0.6) is 0 Å². The van der Waals surface area contributed by atoms with Gasteiger partial charge < -0.3 is 9.88 Å². The quantitative estimate of drug-likeness (QED) is 0.785. The Balaban J connectivity index is 1.58. The van der Waals surface area contributed by atoms with Crippen molar-refractivity contribution in [2.75, 3.05) is 13.1 Å². The maximum atomic E-state index is 12.9. The number of H-pyrrole nitrogens is 1. The first-order valence-corrected chi connectivity index (χ1v) is 8.69. The van der Waals surface area contributed by atoms with Gasteiger partial charge in [-0.05, 0) is 25.8 Å². The molecule has 5 nitrogen and oxygen atoms in total. The van der Waals surface area contributed by atoms with Gasteiger partial charge in [-0.2, -0.15) is 0 Å². The first-order valence-electron chi connectivity index (χ1n) is 7.88. The molecule has 2 aromatic heterocycles. The van der Waals surface area contributed by atoms with Crippen LogP contribution in [-0.2, 0) is 0 Å². The van der Waals surface area contributed by atoms with E-state index < -0.39 is 0 Å². The summed E-state index contributed by atoms with van der Waals surface area (Å²) >= 11 is 1.64. The molecule has 23 heavy (non-hydrogen) atoms. The lowest BCUT2D eigenvalue weighted by molar-refractivity contribution is 0.0709. The second-order valence-electron chi connectivity index (χ2n) is 6.00. The predicted molar refractivity (Wildman–Crippen MR) is 90.8 cm³/mol. The summed E-state index contributed by atoms with van der Waals surface area (Å²) in [5.41, 5.74) is 1.76. The van der Waals surface area contributed by atoms with Crippen LogP contribution in [0.15, 0.2) is 30.5 Å². The molecule has 1 atom stereocenters. The zero-order valence-electron chi connectivity index (χ0n) is 13.0. The Morgan fingerprint density at radius 1 is 1.35 bits per heavy atom. The van der Waals surface area contributed by atoms with Gasteiger partial charge in [-0.15, -0.1) is 21.5 Å². The molecule has 118 valence electrons. The smallest absolute Gasteiger partial charge is 0.256 e. The topological polar surface area (TPSA) is 61.9 Å². The average Bonchev–Trinajstić information content (AvgIpc) is 3.20. The number of aryl methyl sites for hydroxylation is 1. The highest BCUT2D eigenvalue weighted by Gasteiger charge is 2.28. The molecule has 1 amide bonds. The van der Waals surface area contributed by atoms with Crippen LogP contribution >= 0.6 is 11.3 Å². The highest BCUT2D eigenvalue weighted by atomic mass is 32.1. The molecular formula is C17H18N4OS. The van der Waals surface area contributed by atoms with Crippen LogP contribution in [0.4, 0.5) is 0 Å². The molecule has 1 aromatic carbocycles. The van der Waals surface area contributed by atoms with E-state index in [0.717, 1.165) is 52.4 Å². The molecule has 1 saturated heterocycles. The van der Waals surface area contributed by atoms with Crippen molar-refractivity contribution in [3.8, 4) is 0 Å². The van der Waals surface area contributed by atoms with Crippen LogP contribution in [0, 0.1) is 6.92 Å². The summed E-state index contributed by atoms with van der Waals surface area (Å²) < 4.78 is 0. The number of fused-ring (bicyclic) bond motifs is 1. The number of carbonyl (C=O) groups excluding carboxylic acids is 1. The second kappa shape index (κ2) is 5.77. The van der Waals surface area contributed by atoms with Crippen molar-refractivity contribution in [2.24, 2.45) is 0 Å². The molecule has 1 aliphatic heterocycles. The van der Waals surface area contributed by atoms with Gasteiger partial charge >= 0.3 is 0 Å². The molecule has 0 aliphatic carbocycles. The van der Waals surface area contributed by atoms with E-state index in [9.17, 15) is 4.79 Å². The van der Waals surface area contributed by atoms with Gasteiger partial charge in [0, 0.05) is 36.1 Å². The monoisotopic (exact) mass is 326 g/mol. The number of hydrogen-bond donors (Lipinski definition) is 1. The summed E-state index contributed by atoms with van der Waals surface area (Å²) in [5.74, 6) is 0.414. The van der Waals surface area contributed by atoms with E-state index in [0.29, 0.717) is 5.92 Å². The molecular weight excluding hydrogens is 308 g/mol. The summed E-state index contributed by atoms with van der Waals surface area (Å²) in [5, 5.41) is 11.4. The number of aromatic amines is 1. The summed E-state index contributed by atoms with van der Waals surface area (Å²) in [6.45, 7) is 3.51. The molecule has 0 bridgehead atoms. The molecule has 1 aliphatic rings. The van der Waals surface area contributed by atoms with Crippen LogP contribution in [-0.4, -0.2) is 39.1 Å². The van der Waals surface area contributed by atoms with Crippen molar-refractivity contribution in [3.63, 3.8) is 0 Å². The fourth-order valence-electron chi connectivity index (χ4n) is 3.26. The minimum atomic E-state index is 0.105. The standard InChI is InChI=1S/C17H18N4OS/c1-11-19-20-16(23-11)12-5-4-8-21(10-12)17(22)14-9-18-15-7-3-2-6-13(14)15/h2-3,6-7,9,12,18H,4-5,8,10H2,1H3. The Bertz CT molecular complexity index is 853. The number of nitrogens with one attached hydrogen (secondary N) is 1. The molecule has 0 saturated carbocycles. The molecule has 3 aromatic rings. The van der Waals surface area contributed by atoms with Crippen molar-refractivity contribution < 1.29 is 4.79 Å². The van der Waals surface area contributed by atoms with Crippen molar-refractivity contribution in [3.05, 3.63) is 46.0 Å². The van der Waals surface area contributed by atoms with Crippen LogP contribution in [0.25, 0.3) is 10.9 Å². The van der Waals surface area contributed by atoms with Gasteiger partial charge in [0.05, 0.1) is 5.56 Å². The first-order chi connectivity index (χ1) is 11.2. The van der Waals surface area contributed by atoms with E-state index in [1.165, 1.54) is 0 Å². The third kappa shape index (κ3) is 2.63. The van der Waals surface area contributed by atoms with Gasteiger partial charge in [0.25, 0.3) is 5.91 Å². The van der Waals surface area contributed by atoms with Crippen LogP contribution < -0.4 is 0 Å². The van der Waals surface area contributed by atoms with E-state index in [1.807, 2.05) is 42.3 Å². The zero-order chi connectivity index (χ0) is 15.8. The lowest BCUT2D eigenvalue weighted by Gasteiger charge is -2.31. The Morgan fingerprint density at radius 3 is 3.04 bits per heavy atom. The lowest BCUT2D eigenvalue weighted by atomic mass is 9.98. The minimum Gasteiger partial charge on any atom is -0.360 e. The van der Waals surface area contributed by atoms with Crippen molar-refractivity contribution in [2.45, 2.75) is 25.7 Å². The number of para-hydroxylation sites is 1. The van der Waals surface area contributed by atoms with E-state index >= 15 is 0 Å². The normalized spacial score (nSPS) is 18.5. The SMILES string of the molecule is Cc1nnc(C2CCCN(C(=O)c3c[nH]c4ccccc34)C2)s1. The lowest BCUT2D eigenvalue weighted by Crippen LogP contribution is -2.39. The number of nitrogens with zero attached hydrogens (tertiary/aromatic N) is 3. The number of piperidine rings is 1. The third-order valence-corrected chi connectivity index (χ3v) is 5.42. The van der Waals surface area contributed by atoms with E-state index in [4.69, 9.17) is 0 Å². The highest BCUT2D eigenvalue weighted by Crippen LogP contribution is 2.30. The molecule has 0 spiro atoms. The maximum Gasteiger partial charge on any atom is 0.256 e. The van der Waals surface area contributed by atoms with Gasteiger partial charge in [-0.1, -0.05) is 18.2 Å². The van der Waals surface area contributed by atoms with Gasteiger partial charge in [-0.3, -0.25) is 4.79 Å². The molecule has 1 fully saturated rings. The Morgan fingerprint density at radius 2 is 2.22 bits per heavy atom. The number of hydrogen-bond acceptors (Lipinski definition) is 4. The summed E-state index contributed by atoms with van der Waals surface area (Å²) in [6, 6.07) is 7.93. The van der Waals surface area contributed by atoms with Crippen LogP contribution in [0.1, 0.15) is 39.1 Å². The number of rotatable bonds is 2. The van der Waals surface area contributed by atoms with Crippen LogP contribution in [0.3, 0.4) is 0 Å². The highest BCUT2D eigenvalue weighted by molar-refractivity contribution is 7.11. The maximum absolute atomic E-state index is 12.9. The number of likely N-dealkylation sites (tertiary alicyclic amines) is 1. The Hall–Kier alpha value is -2.21. The predicted octanol–water partition coefficient (Wildman–Crippen LogP) is 3.35. The molecule has 6 heteroatoms. The Kier molecular flexibility index (Phi) is 3.61. The van der Waals surface area contributed by atoms with Crippen LogP contribution in [0.2, 0.25) is 0 Å². The number of benzene rings is 1. The van der Waals surface area contributed by atoms with E-state index in [1.54, 1.807) is 11.3 Å².